The molecule has 3 rings (SSSR count). The Labute approximate surface area is 146 Å². The molecule has 0 bridgehead atoms. The highest BCUT2D eigenvalue weighted by molar-refractivity contribution is 7.09. The summed E-state index contributed by atoms with van der Waals surface area (Å²) in [5.41, 5.74) is 0.924. The number of rotatable bonds is 6. The molecule has 0 unspecified atom stereocenters. The van der Waals surface area contributed by atoms with Gasteiger partial charge in [-0.3, -0.25) is 4.79 Å². The molecule has 1 aliphatic heterocycles. The van der Waals surface area contributed by atoms with Crippen LogP contribution in [0.15, 0.2) is 29.6 Å². The smallest absolute Gasteiger partial charge is 0.234 e. The van der Waals surface area contributed by atoms with E-state index in [0.29, 0.717) is 19.1 Å². The zero-order chi connectivity index (χ0) is 16.8. The van der Waals surface area contributed by atoms with Crippen LogP contribution >= 0.6 is 11.3 Å². The third-order valence-corrected chi connectivity index (χ3v) is 5.00. The van der Waals surface area contributed by atoms with Crippen molar-refractivity contribution in [2.75, 3.05) is 24.5 Å². The monoisotopic (exact) mass is 345 g/mol. The second kappa shape index (κ2) is 8.21. The average molecular weight is 345 g/mol. The van der Waals surface area contributed by atoms with Crippen LogP contribution in [0.25, 0.3) is 0 Å². The van der Waals surface area contributed by atoms with Crippen molar-refractivity contribution in [2.24, 2.45) is 0 Å². The normalized spacial score (nSPS) is 17.7. The summed E-state index contributed by atoms with van der Waals surface area (Å²) in [4.78, 5) is 15.4. The lowest BCUT2D eigenvalue weighted by Crippen LogP contribution is -2.48. The molecular formula is C17H23N5OS. The Kier molecular flexibility index (Phi) is 5.77. The predicted octanol–water partition coefficient (Wildman–Crippen LogP) is 1.72. The van der Waals surface area contributed by atoms with Crippen LogP contribution in [0.3, 0.4) is 0 Å². The summed E-state index contributed by atoms with van der Waals surface area (Å²) in [6.07, 6.45) is 2.16. The first-order valence-electron chi connectivity index (χ1n) is 8.28. The Bertz CT molecular complexity index is 644. The molecule has 3 heterocycles. The SMILES string of the molecule is Cc1ccc(N2CCC[C@H](NCC(=O)NCc3cccs3)C2)nn1. The summed E-state index contributed by atoms with van der Waals surface area (Å²) in [7, 11) is 0. The largest absolute Gasteiger partial charge is 0.354 e. The first kappa shape index (κ1) is 16.9. The predicted molar refractivity (Wildman–Crippen MR) is 96.2 cm³/mol. The van der Waals surface area contributed by atoms with Crippen LogP contribution in [0.5, 0.6) is 0 Å². The fraction of sp³-hybridized carbons (Fsp3) is 0.471. The molecule has 0 saturated carbocycles. The van der Waals surface area contributed by atoms with Gasteiger partial charge in [0.1, 0.15) is 0 Å². The Morgan fingerprint density at radius 3 is 3.04 bits per heavy atom. The third-order valence-electron chi connectivity index (χ3n) is 4.12. The van der Waals surface area contributed by atoms with E-state index in [1.165, 1.54) is 4.88 Å². The molecule has 1 atom stereocenters. The molecule has 2 aromatic rings. The molecule has 0 aliphatic carbocycles. The fourth-order valence-electron chi connectivity index (χ4n) is 2.81. The van der Waals surface area contributed by atoms with Gasteiger partial charge in [-0.15, -0.1) is 16.4 Å². The molecule has 2 aromatic heterocycles. The maximum absolute atomic E-state index is 12.0. The maximum atomic E-state index is 12.0. The van der Waals surface area contributed by atoms with E-state index in [9.17, 15) is 4.79 Å². The number of nitrogens with one attached hydrogen (secondary N) is 2. The molecule has 1 aliphatic rings. The number of carbonyl (C=O) groups excluding carboxylic acids is 1. The molecule has 24 heavy (non-hydrogen) atoms. The van der Waals surface area contributed by atoms with E-state index in [0.717, 1.165) is 37.4 Å². The highest BCUT2D eigenvalue weighted by Crippen LogP contribution is 2.17. The Morgan fingerprint density at radius 2 is 2.29 bits per heavy atom. The van der Waals surface area contributed by atoms with Crippen molar-refractivity contribution in [3.8, 4) is 0 Å². The molecular weight excluding hydrogens is 322 g/mol. The van der Waals surface area contributed by atoms with Crippen molar-refractivity contribution in [3.63, 3.8) is 0 Å². The molecule has 0 radical (unpaired) electrons. The van der Waals surface area contributed by atoms with Crippen LogP contribution in [-0.4, -0.2) is 41.8 Å². The second-order valence-corrected chi connectivity index (χ2v) is 7.09. The maximum Gasteiger partial charge on any atom is 0.234 e. The van der Waals surface area contributed by atoms with Crippen LogP contribution in [-0.2, 0) is 11.3 Å². The number of amides is 1. The Hall–Kier alpha value is -1.99. The second-order valence-electron chi connectivity index (χ2n) is 6.06. The first-order chi connectivity index (χ1) is 11.7. The van der Waals surface area contributed by atoms with E-state index in [1.807, 2.05) is 36.6 Å². The average Bonchev–Trinajstić information content (AvgIpc) is 3.13. The highest BCUT2D eigenvalue weighted by atomic mass is 32.1. The Balaban J connectivity index is 1.43. The summed E-state index contributed by atoms with van der Waals surface area (Å²) in [5.74, 6) is 0.949. The van der Waals surface area contributed by atoms with Crippen LogP contribution in [0, 0.1) is 6.92 Å². The van der Waals surface area contributed by atoms with E-state index < -0.39 is 0 Å². The number of aromatic nitrogens is 2. The molecule has 7 heteroatoms. The minimum absolute atomic E-state index is 0.0376. The zero-order valence-corrected chi connectivity index (χ0v) is 14.7. The van der Waals surface area contributed by atoms with Crippen molar-refractivity contribution < 1.29 is 4.79 Å². The van der Waals surface area contributed by atoms with E-state index >= 15 is 0 Å². The van der Waals surface area contributed by atoms with Gasteiger partial charge in [0, 0.05) is 24.0 Å². The van der Waals surface area contributed by atoms with Gasteiger partial charge in [0.05, 0.1) is 18.8 Å². The van der Waals surface area contributed by atoms with Crippen LogP contribution in [0.1, 0.15) is 23.4 Å². The van der Waals surface area contributed by atoms with Gasteiger partial charge in [-0.05, 0) is 43.3 Å². The molecule has 0 aromatic carbocycles. The lowest BCUT2D eigenvalue weighted by Gasteiger charge is -2.33. The summed E-state index contributed by atoms with van der Waals surface area (Å²) < 4.78 is 0. The van der Waals surface area contributed by atoms with Gasteiger partial charge >= 0.3 is 0 Å². The van der Waals surface area contributed by atoms with E-state index in [1.54, 1.807) is 11.3 Å². The number of aryl methyl sites for hydroxylation is 1. The van der Waals surface area contributed by atoms with Crippen molar-refractivity contribution in [1.82, 2.24) is 20.8 Å². The van der Waals surface area contributed by atoms with Gasteiger partial charge in [0.25, 0.3) is 0 Å². The molecule has 6 nitrogen and oxygen atoms in total. The third kappa shape index (κ3) is 4.75. The molecule has 1 fully saturated rings. The van der Waals surface area contributed by atoms with Gasteiger partial charge in [-0.2, -0.15) is 5.10 Å². The van der Waals surface area contributed by atoms with E-state index in [-0.39, 0.29) is 5.91 Å². The fourth-order valence-corrected chi connectivity index (χ4v) is 3.46. The zero-order valence-electron chi connectivity index (χ0n) is 13.9. The number of nitrogens with zero attached hydrogens (tertiary/aromatic N) is 3. The summed E-state index contributed by atoms with van der Waals surface area (Å²) in [6, 6.07) is 8.32. The van der Waals surface area contributed by atoms with Gasteiger partial charge in [-0.1, -0.05) is 6.07 Å². The quantitative estimate of drug-likeness (QED) is 0.834. The Morgan fingerprint density at radius 1 is 1.38 bits per heavy atom. The molecule has 0 spiro atoms. The van der Waals surface area contributed by atoms with Crippen LogP contribution < -0.4 is 15.5 Å². The minimum atomic E-state index is 0.0376. The van der Waals surface area contributed by atoms with Crippen molar-refractivity contribution in [1.29, 1.82) is 0 Å². The van der Waals surface area contributed by atoms with Crippen LogP contribution in [0.2, 0.25) is 0 Å². The first-order valence-corrected chi connectivity index (χ1v) is 9.16. The number of hydrogen-bond donors (Lipinski definition) is 2. The number of anilines is 1. The molecule has 1 amide bonds. The lowest BCUT2D eigenvalue weighted by molar-refractivity contribution is -0.120. The van der Waals surface area contributed by atoms with Crippen molar-refractivity contribution in [2.45, 2.75) is 32.4 Å². The number of carbonyl (C=O) groups is 1. The number of thiophene rings is 1. The van der Waals surface area contributed by atoms with Gasteiger partial charge in [0.2, 0.25) is 5.91 Å². The summed E-state index contributed by atoms with van der Waals surface area (Å²) in [5, 5.41) is 16.7. The standard InChI is InChI=1S/C17H23N5OS/c1-13-6-7-16(21-20-13)22-8-2-4-14(12-22)18-11-17(23)19-10-15-5-3-9-24-15/h3,5-7,9,14,18H,2,4,8,10-12H2,1H3,(H,19,23)/t14-/m0/s1. The number of piperidine rings is 1. The van der Waals surface area contributed by atoms with Gasteiger partial charge < -0.3 is 15.5 Å². The van der Waals surface area contributed by atoms with Crippen LogP contribution in [0.4, 0.5) is 5.82 Å². The van der Waals surface area contributed by atoms with Gasteiger partial charge in [-0.25, -0.2) is 0 Å². The molecule has 128 valence electrons. The minimum Gasteiger partial charge on any atom is -0.354 e. The summed E-state index contributed by atoms with van der Waals surface area (Å²) in [6.45, 7) is 4.74. The highest BCUT2D eigenvalue weighted by Gasteiger charge is 2.21. The lowest BCUT2D eigenvalue weighted by atomic mass is 10.1. The molecule has 1 saturated heterocycles. The summed E-state index contributed by atoms with van der Waals surface area (Å²) >= 11 is 1.66. The number of hydrogen-bond acceptors (Lipinski definition) is 6. The van der Waals surface area contributed by atoms with E-state index in [4.69, 9.17) is 0 Å². The topological polar surface area (TPSA) is 70.2 Å². The van der Waals surface area contributed by atoms with E-state index in [2.05, 4.69) is 25.7 Å². The molecule has 2 N–H and O–H groups in total. The van der Waals surface area contributed by atoms with Crippen molar-refractivity contribution in [3.05, 3.63) is 40.2 Å². The van der Waals surface area contributed by atoms with Crippen molar-refractivity contribution >= 4 is 23.1 Å². The van der Waals surface area contributed by atoms with Gasteiger partial charge in [0.15, 0.2) is 5.82 Å².